The largest absolute Gasteiger partial charge is 0.315 e. The number of nitrogens with one attached hydrogen (secondary N) is 1. The van der Waals surface area contributed by atoms with Crippen LogP contribution in [0.4, 0.5) is 0 Å². The maximum atomic E-state index is 3.48. The third kappa shape index (κ3) is 2.54. The Kier molecular flexibility index (Phi) is 4.60. The van der Waals surface area contributed by atoms with Gasteiger partial charge in [-0.1, -0.05) is 20.8 Å². The minimum atomic E-state index is 0. The second kappa shape index (κ2) is 5.31. The van der Waals surface area contributed by atoms with Crippen LogP contribution in [0.2, 0.25) is 0 Å². The van der Waals surface area contributed by atoms with Gasteiger partial charge in [0.15, 0.2) is 0 Å². The second-order valence-electron chi connectivity index (χ2n) is 4.89. The molecule has 15 heavy (non-hydrogen) atoms. The van der Waals surface area contributed by atoms with Gasteiger partial charge < -0.3 is 5.32 Å². The monoisotopic (exact) mass is 214 g/mol. The lowest BCUT2D eigenvalue weighted by atomic mass is 10.0. The van der Waals surface area contributed by atoms with Gasteiger partial charge in [-0.05, 0) is 38.6 Å². The lowest BCUT2D eigenvalue weighted by Gasteiger charge is -2.22. The molecule has 1 saturated heterocycles. The van der Waals surface area contributed by atoms with Crippen molar-refractivity contribution < 1.29 is 1.43 Å². The highest BCUT2D eigenvalue weighted by molar-refractivity contribution is 5.09. The number of hydrogen-bond donors (Lipinski definition) is 1. The average molecular weight is 214 g/mol. The van der Waals surface area contributed by atoms with Crippen LogP contribution in [0.25, 0.3) is 0 Å². The number of rotatable bonds is 3. The molecular formula is C13H30N2. The predicted octanol–water partition coefficient (Wildman–Crippen LogP) is 2.74. The third-order valence-electron chi connectivity index (χ3n) is 4.13. The summed E-state index contributed by atoms with van der Waals surface area (Å²) >= 11 is 0. The summed E-state index contributed by atoms with van der Waals surface area (Å²) in [5.41, 5.74) is 0.679. The normalized spacial score (nSPS) is 29.8. The number of likely N-dealkylation sites (tertiary alicyclic amines) is 1. The van der Waals surface area contributed by atoms with E-state index in [0.29, 0.717) is 5.41 Å². The summed E-state index contributed by atoms with van der Waals surface area (Å²) in [4.78, 5) is 2.66. The Hall–Kier alpha value is -0.0800. The maximum absolute atomic E-state index is 3.48. The van der Waals surface area contributed by atoms with E-state index >= 15 is 0 Å². The fourth-order valence-electron chi connectivity index (χ4n) is 2.67. The molecule has 0 aromatic rings. The summed E-state index contributed by atoms with van der Waals surface area (Å²) < 4.78 is 0. The molecule has 1 N–H and O–H groups in total. The van der Waals surface area contributed by atoms with E-state index in [-0.39, 0.29) is 1.43 Å². The van der Waals surface area contributed by atoms with Gasteiger partial charge in [0.2, 0.25) is 0 Å². The molecule has 2 fully saturated rings. The van der Waals surface area contributed by atoms with E-state index in [1.54, 1.807) is 0 Å². The van der Waals surface area contributed by atoms with E-state index in [2.05, 4.69) is 31.1 Å². The van der Waals surface area contributed by atoms with Crippen molar-refractivity contribution in [3.63, 3.8) is 0 Å². The van der Waals surface area contributed by atoms with Crippen molar-refractivity contribution in [2.24, 2.45) is 5.41 Å². The van der Waals surface area contributed by atoms with Crippen molar-refractivity contribution in [2.75, 3.05) is 20.1 Å². The van der Waals surface area contributed by atoms with E-state index < -0.39 is 0 Å². The van der Waals surface area contributed by atoms with E-state index in [9.17, 15) is 0 Å². The van der Waals surface area contributed by atoms with Crippen molar-refractivity contribution in [1.82, 2.24) is 10.2 Å². The zero-order valence-corrected chi connectivity index (χ0v) is 11.1. The fourth-order valence-corrected chi connectivity index (χ4v) is 2.67. The lowest BCUT2D eigenvalue weighted by molar-refractivity contribution is 0.239. The van der Waals surface area contributed by atoms with Gasteiger partial charge in [-0.25, -0.2) is 0 Å². The van der Waals surface area contributed by atoms with E-state index in [0.717, 1.165) is 12.1 Å². The molecule has 2 atom stereocenters. The summed E-state index contributed by atoms with van der Waals surface area (Å²) in [5, 5.41) is 3.48. The van der Waals surface area contributed by atoms with Crippen molar-refractivity contribution in [2.45, 2.75) is 59.0 Å². The SMILES string of the molecule is CC.CCC(C)N1CC(NC)C2(CC2)C1.[HH]. The summed E-state index contributed by atoms with van der Waals surface area (Å²) in [6, 6.07) is 1.54. The molecule has 2 rings (SSSR count). The zero-order valence-electron chi connectivity index (χ0n) is 11.1. The summed E-state index contributed by atoms with van der Waals surface area (Å²) in [6.45, 7) is 11.3. The van der Waals surface area contributed by atoms with Crippen LogP contribution >= 0.6 is 0 Å². The van der Waals surface area contributed by atoms with Gasteiger partial charge in [0, 0.05) is 26.6 Å². The number of hydrogen-bond acceptors (Lipinski definition) is 2. The first-order valence-corrected chi connectivity index (χ1v) is 6.63. The first-order valence-electron chi connectivity index (χ1n) is 6.63. The third-order valence-corrected chi connectivity index (χ3v) is 4.13. The fraction of sp³-hybridized carbons (Fsp3) is 1.00. The minimum Gasteiger partial charge on any atom is -0.315 e. The number of likely N-dealkylation sites (N-methyl/N-ethyl adjacent to an activating group) is 1. The first-order chi connectivity index (χ1) is 7.22. The van der Waals surface area contributed by atoms with Crippen LogP contribution in [-0.2, 0) is 0 Å². The van der Waals surface area contributed by atoms with Crippen LogP contribution in [0.1, 0.15) is 48.4 Å². The molecule has 2 unspecified atom stereocenters. The zero-order chi connectivity index (χ0) is 11.5. The molecule has 0 bridgehead atoms. The van der Waals surface area contributed by atoms with Crippen molar-refractivity contribution in [1.29, 1.82) is 0 Å². The smallest absolute Gasteiger partial charge is 0.0260 e. The van der Waals surface area contributed by atoms with Gasteiger partial charge in [-0.2, -0.15) is 0 Å². The van der Waals surface area contributed by atoms with Gasteiger partial charge in [0.1, 0.15) is 0 Å². The minimum absolute atomic E-state index is 0. The predicted molar refractivity (Wildman–Crippen MR) is 69.3 cm³/mol. The summed E-state index contributed by atoms with van der Waals surface area (Å²) in [5.74, 6) is 0. The summed E-state index contributed by atoms with van der Waals surface area (Å²) in [7, 11) is 2.12. The maximum Gasteiger partial charge on any atom is 0.0260 e. The Morgan fingerprint density at radius 2 is 2.07 bits per heavy atom. The van der Waals surface area contributed by atoms with Crippen molar-refractivity contribution in [3.05, 3.63) is 0 Å². The number of nitrogens with zero attached hydrogens (tertiary/aromatic N) is 1. The van der Waals surface area contributed by atoms with Gasteiger partial charge in [0.05, 0.1) is 0 Å². The molecule has 1 saturated carbocycles. The highest BCUT2D eigenvalue weighted by Gasteiger charge is 2.54. The molecule has 1 aliphatic heterocycles. The molecule has 2 heteroatoms. The summed E-state index contributed by atoms with van der Waals surface area (Å²) in [6.07, 6.45) is 4.18. The van der Waals surface area contributed by atoms with Crippen molar-refractivity contribution in [3.8, 4) is 0 Å². The molecule has 92 valence electrons. The molecule has 2 aliphatic rings. The van der Waals surface area contributed by atoms with Gasteiger partial charge in [-0.15, -0.1) is 0 Å². The molecular weight excluding hydrogens is 184 g/mol. The van der Waals surface area contributed by atoms with Crippen LogP contribution in [0.3, 0.4) is 0 Å². The average Bonchev–Trinajstić information content (AvgIpc) is 2.95. The molecule has 1 spiro atoms. The standard InChI is InChI=1S/C11H22N2.C2H6.H2/c1-4-9(2)13-7-10(12-3)11(8-13)5-6-11;1-2;/h9-10,12H,4-8H2,1-3H3;1-2H3;1H. The van der Waals surface area contributed by atoms with E-state index in [1.165, 1.54) is 32.4 Å². The molecule has 0 aromatic heterocycles. The van der Waals surface area contributed by atoms with Crippen molar-refractivity contribution >= 4 is 0 Å². The molecule has 0 radical (unpaired) electrons. The van der Waals surface area contributed by atoms with E-state index in [4.69, 9.17) is 0 Å². The van der Waals surface area contributed by atoms with Crippen LogP contribution < -0.4 is 5.32 Å². The highest BCUT2D eigenvalue weighted by atomic mass is 15.2. The van der Waals surface area contributed by atoms with Crippen LogP contribution in [-0.4, -0.2) is 37.1 Å². The molecule has 2 nitrogen and oxygen atoms in total. The first kappa shape index (κ1) is 13.0. The Balaban J connectivity index is 0.000000711. The Labute approximate surface area is 96.9 Å². The Morgan fingerprint density at radius 3 is 2.40 bits per heavy atom. The molecule has 0 aromatic carbocycles. The van der Waals surface area contributed by atoms with Crippen LogP contribution in [0.15, 0.2) is 0 Å². The molecule has 0 amide bonds. The quantitative estimate of drug-likeness (QED) is 0.777. The van der Waals surface area contributed by atoms with Gasteiger partial charge in [0.25, 0.3) is 0 Å². The van der Waals surface area contributed by atoms with Gasteiger partial charge >= 0.3 is 0 Å². The highest BCUT2D eigenvalue weighted by Crippen LogP contribution is 2.53. The van der Waals surface area contributed by atoms with Crippen LogP contribution in [0, 0.1) is 5.41 Å². The molecule has 1 heterocycles. The van der Waals surface area contributed by atoms with Crippen LogP contribution in [0.5, 0.6) is 0 Å². The Morgan fingerprint density at radius 1 is 1.47 bits per heavy atom. The lowest BCUT2D eigenvalue weighted by Crippen LogP contribution is -2.35. The topological polar surface area (TPSA) is 15.3 Å². The van der Waals surface area contributed by atoms with E-state index in [1.807, 2.05) is 13.8 Å². The molecule has 1 aliphatic carbocycles. The second-order valence-corrected chi connectivity index (χ2v) is 4.89. The Bertz CT molecular complexity index is 192. The van der Waals surface area contributed by atoms with Gasteiger partial charge in [-0.3, -0.25) is 4.90 Å².